The van der Waals surface area contributed by atoms with Crippen LogP contribution in [0.3, 0.4) is 0 Å². The number of rotatable bonds is 9. The summed E-state index contributed by atoms with van der Waals surface area (Å²) in [6, 6.07) is 5.99. The molecule has 0 spiro atoms. The zero-order chi connectivity index (χ0) is 28.9. The topological polar surface area (TPSA) is 131 Å². The Morgan fingerprint density at radius 3 is 2.54 bits per heavy atom. The highest BCUT2D eigenvalue weighted by molar-refractivity contribution is 9.10. The Morgan fingerprint density at radius 2 is 1.80 bits per heavy atom. The SMILES string of the molecule is CN/C=C(\C=N)c1cc(Nc2ncc(Br)c(Nc3ccc4nccnc4c3P(C)C)n2)cnc1N1CCN(C)CC1. The highest BCUT2D eigenvalue weighted by Gasteiger charge is 2.21. The van der Waals surface area contributed by atoms with Crippen LogP contribution in [0.1, 0.15) is 5.56 Å². The molecule has 0 bridgehead atoms. The summed E-state index contributed by atoms with van der Waals surface area (Å²) in [5, 5.41) is 19.0. The Bertz CT molecular complexity index is 1590. The zero-order valence-electron chi connectivity index (χ0n) is 23.5. The van der Waals surface area contributed by atoms with E-state index in [-0.39, 0.29) is 0 Å². The third-order valence-electron chi connectivity index (χ3n) is 6.75. The second-order valence-corrected chi connectivity index (χ2v) is 12.9. The number of anilines is 5. The molecule has 11 nitrogen and oxygen atoms in total. The first-order valence-electron chi connectivity index (χ1n) is 13.2. The first-order chi connectivity index (χ1) is 19.9. The number of likely N-dealkylation sites (N-methyl/N-ethyl adjacent to an activating group) is 1. The molecule has 1 aliphatic rings. The third kappa shape index (κ3) is 6.45. The van der Waals surface area contributed by atoms with Gasteiger partial charge in [-0.05, 0) is 54.5 Å². The lowest BCUT2D eigenvalue weighted by molar-refractivity contribution is 0.312. The second kappa shape index (κ2) is 12.8. The molecule has 13 heteroatoms. The molecule has 5 rings (SSSR count). The van der Waals surface area contributed by atoms with Gasteiger partial charge in [0.1, 0.15) is 11.6 Å². The molecule has 1 saturated heterocycles. The van der Waals surface area contributed by atoms with Crippen LogP contribution in [0, 0.1) is 5.41 Å². The van der Waals surface area contributed by atoms with Crippen molar-refractivity contribution in [3.8, 4) is 0 Å². The average Bonchev–Trinajstić information content (AvgIpc) is 2.98. The monoisotopic (exact) mass is 633 g/mol. The summed E-state index contributed by atoms with van der Waals surface area (Å²) in [5.41, 5.74) is 5.02. The summed E-state index contributed by atoms with van der Waals surface area (Å²) in [4.78, 5) is 27.7. The molecule has 1 aliphatic heterocycles. The van der Waals surface area contributed by atoms with Crippen LogP contribution in [-0.2, 0) is 0 Å². The Balaban J connectivity index is 1.46. The molecule has 0 atom stereocenters. The highest BCUT2D eigenvalue weighted by atomic mass is 79.9. The van der Waals surface area contributed by atoms with E-state index in [4.69, 9.17) is 15.4 Å². The number of halogens is 1. The van der Waals surface area contributed by atoms with Crippen molar-refractivity contribution in [1.29, 1.82) is 5.41 Å². The van der Waals surface area contributed by atoms with Gasteiger partial charge in [-0.15, -0.1) is 0 Å². The fourth-order valence-electron chi connectivity index (χ4n) is 4.71. The van der Waals surface area contributed by atoms with Crippen molar-refractivity contribution in [2.75, 3.05) is 69.1 Å². The summed E-state index contributed by atoms with van der Waals surface area (Å²) in [6.07, 6.45) is 10.1. The smallest absolute Gasteiger partial charge is 0.229 e. The molecule has 1 aromatic carbocycles. The number of nitrogens with one attached hydrogen (secondary N) is 4. The van der Waals surface area contributed by atoms with Crippen molar-refractivity contribution >= 4 is 80.9 Å². The van der Waals surface area contributed by atoms with Gasteiger partial charge in [-0.3, -0.25) is 9.97 Å². The minimum absolute atomic E-state index is 0.419. The van der Waals surface area contributed by atoms with E-state index in [0.29, 0.717) is 11.8 Å². The van der Waals surface area contributed by atoms with Gasteiger partial charge >= 0.3 is 0 Å². The number of fused-ring (bicyclic) bond motifs is 1. The molecule has 4 heterocycles. The zero-order valence-corrected chi connectivity index (χ0v) is 26.0. The lowest BCUT2D eigenvalue weighted by atomic mass is 10.1. The van der Waals surface area contributed by atoms with Crippen molar-refractivity contribution < 1.29 is 0 Å². The summed E-state index contributed by atoms with van der Waals surface area (Å²) in [7, 11) is 3.47. The normalized spacial score (nSPS) is 14.4. The maximum atomic E-state index is 8.04. The van der Waals surface area contributed by atoms with Gasteiger partial charge in [0.05, 0.1) is 27.4 Å². The van der Waals surface area contributed by atoms with Crippen LogP contribution in [0.25, 0.3) is 16.6 Å². The molecular formula is C28H33BrN11P. The summed E-state index contributed by atoms with van der Waals surface area (Å²) < 4.78 is 0.733. The molecule has 0 aliphatic carbocycles. The second-order valence-electron chi connectivity index (χ2n) is 9.84. The van der Waals surface area contributed by atoms with Gasteiger partial charge in [-0.25, -0.2) is 9.97 Å². The molecule has 4 aromatic rings. The molecule has 3 aromatic heterocycles. The predicted molar refractivity (Wildman–Crippen MR) is 174 cm³/mol. The number of allylic oxidation sites excluding steroid dienone is 1. The minimum Gasteiger partial charge on any atom is -0.393 e. The van der Waals surface area contributed by atoms with Crippen molar-refractivity contribution in [3.63, 3.8) is 0 Å². The standard InChI is InChI=1S/C28H33BrN11P/c1-31-15-18(14-30)20-13-19(16-34-27(20)40-11-9-39(2)10-12-40)36-28-35-17-21(29)26(38-28)37-23-6-5-22-24(25(23)41(3)4)33-8-7-32-22/h5-8,13-17,30-31H,9-12H2,1-4H3,(H2,35,36,37,38)/b18-15+,30-14?. The molecule has 0 saturated carbocycles. The average molecular weight is 635 g/mol. The van der Waals surface area contributed by atoms with E-state index < -0.39 is 7.92 Å². The van der Waals surface area contributed by atoms with E-state index in [1.165, 1.54) is 6.21 Å². The Labute approximate surface area is 249 Å². The van der Waals surface area contributed by atoms with E-state index in [9.17, 15) is 0 Å². The lowest BCUT2D eigenvalue weighted by Gasteiger charge is -2.34. The van der Waals surface area contributed by atoms with Crippen LogP contribution < -0.4 is 26.2 Å². The number of hydrogen-bond donors (Lipinski definition) is 4. The summed E-state index contributed by atoms with van der Waals surface area (Å²) in [5.74, 6) is 1.90. The minimum atomic E-state index is -0.479. The Hall–Kier alpha value is -3.73. The van der Waals surface area contributed by atoms with Gasteiger partial charge in [0.2, 0.25) is 5.95 Å². The van der Waals surface area contributed by atoms with Crippen molar-refractivity contribution in [1.82, 2.24) is 35.1 Å². The van der Waals surface area contributed by atoms with Crippen molar-refractivity contribution in [2.45, 2.75) is 0 Å². The number of aromatic nitrogens is 5. The maximum Gasteiger partial charge on any atom is 0.229 e. The Kier molecular flexibility index (Phi) is 9.02. The molecule has 0 radical (unpaired) electrons. The number of benzene rings is 1. The lowest BCUT2D eigenvalue weighted by Crippen LogP contribution is -2.45. The van der Waals surface area contributed by atoms with Crippen LogP contribution in [0.4, 0.5) is 29.0 Å². The van der Waals surface area contributed by atoms with E-state index >= 15 is 0 Å². The van der Waals surface area contributed by atoms with Gasteiger partial charge in [-0.2, -0.15) is 4.98 Å². The first kappa shape index (κ1) is 28.8. The van der Waals surface area contributed by atoms with E-state index in [1.54, 1.807) is 24.8 Å². The predicted octanol–water partition coefficient (Wildman–Crippen LogP) is 4.39. The van der Waals surface area contributed by atoms with Gasteiger partial charge in [-0.1, -0.05) is 7.92 Å². The molecule has 0 unspecified atom stereocenters. The first-order valence-corrected chi connectivity index (χ1v) is 16.2. The van der Waals surface area contributed by atoms with Crippen LogP contribution in [0.5, 0.6) is 0 Å². The van der Waals surface area contributed by atoms with E-state index in [2.05, 4.69) is 77.0 Å². The molecule has 4 N–H and O–H groups in total. The Morgan fingerprint density at radius 1 is 1.02 bits per heavy atom. The van der Waals surface area contributed by atoms with Gasteiger partial charge in [0.15, 0.2) is 0 Å². The maximum absolute atomic E-state index is 8.04. The van der Waals surface area contributed by atoms with Crippen molar-refractivity contribution in [2.24, 2.45) is 0 Å². The van der Waals surface area contributed by atoms with Crippen LogP contribution in [-0.4, -0.2) is 89.6 Å². The number of hydrogen-bond acceptors (Lipinski definition) is 11. The van der Waals surface area contributed by atoms with Crippen LogP contribution in [0.2, 0.25) is 0 Å². The number of nitrogens with zero attached hydrogens (tertiary/aromatic N) is 7. The number of pyridine rings is 1. The van der Waals surface area contributed by atoms with Gasteiger partial charge in [0.25, 0.3) is 0 Å². The fraction of sp³-hybridized carbons (Fsp3) is 0.286. The molecule has 212 valence electrons. The third-order valence-corrected chi connectivity index (χ3v) is 8.68. The number of piperazine rings is 1. The highest BCUT2D eigenvalue weighted by Crippen LogP contribution is 2.35. The van der Waals surface area contributed by atoms with Crippen LogP contribution >= 0.6 is 23.9 Å². The molecule has 0 amide bonds. The summed E-state index contributed by atoms with van der Waals surface area (Å²) >= 11 is 3.60. The molecule has 1 fully saturated rings. The van der Waals surface area contributed by atoms with Crippen LogP contribution in [0.15, 0.2) is 53.7 Å². The summed E-state index contributed by atoms with van der Waals surface area (Å²) in [6.45, 7) is 8.07. The fourth-order valence-corrected chi connectivity index (χ4v) is 6.21. The molecule has 41 heavy (non-hydrogen) atoms. The van der Waals surface area contributed by atoms with E-state index in [0.717, 1.165) is 75.3 Å². The molecular weight excluding hydrogens is 601 g/mol. The van der Waals surface area contributed by atoms with Crippen molar-refractivity contribution in [3.05, 3.63) is 59.2 Å². The largest absolute Gasteiger partial charge is 0.393 e. The van der Waals surface area contributed by atoms with E-state index in [1.807, 2.05) is 31.4 Å². The quantitative estimate of drug-likeness (QED) is 0.155. The van der Waals surface area contributed by atoms with Gasteiger partial charge in [0, 0.05) is 86.4 Å². The van der Waals surface area contributed by atoms with Gasteiger partial charge < -0.3 is 31.2 Å².